The van der Waals surface area contributed by atoms with Crippen molar-refractivity contribution in [2.24, 2.45) is 5.92 Å². The smallest absolute Gasteiger partial charge is 0.0207 e. The van der Waals surface area contributed by atoms with Gasteiger partial charge in [-0.25, -0.2) is 0 Å². The van der Waals surface area contributed by atoms with Gasteiger partial charge in [0.15, 0.2) is 0 Å². The lowest BCUT2D eigenvalue weighted by Gasteiger charge is -2.36. The molecule has 1 aliphatic rings. The van der Waals surface area contributed by atoms with Crippen molar-refractivity contribution in [1.29, 1.82) is 0 Å². The molecule has 0 spiro atoms. The third-order valence-corrected chi connectivity index (χ3v) is 6.13. The number of rotatable bonds is 7. The van der Waals surface area contributed by atoms with E-state index in [9.17, 15) is 0 Å². The van der Waals surface area contributed by atoms with Crippen molar-refractivity contribution in [3.05, 3.63) is 35.4 Å². The molecule has 0 aromatic heterocycles. The van der Waals surface area contributed by atoms with Gasteiger partial charge in [-0.05, 0) is 50.6 Å². The molecule has 0 aliphatic heterocycles. The number of hydrogen-bond acceptors (Lipinski definition) is 2. The minimum atomic E-state index is 0.725. The molecule has 3 unspecified atom stereocenters. The molecule has 0 amide bonds. The topological polar surface area (TPSA) is 12.0 Å². The number of hydrogen-bond donors (Lipinski definition) is 1. The van der Waals surface area contributed by atoms with E-state index >= 15 is 0 Å². The van der Waals surface area contributed by atoms with E-state index in [-0.39, 0.29) is 0 Å². The normalized spacial score (nSPS) is 26.0. The van der Waals surface area contributed by atoms with Gasteiger partial charge in [0, 0.05) is 17.0 Å². The van der Waals surface area contributed by atoms with Gasteiger partial charge in [-0.1, -0.05) is 50.1 Å². The highest BCUT2D eigenvalue weighted by atomic mass is 32.2. The van der Waals surface area contributed by atoms with Gasteiger partial charge in [0.05, 0.1) is 0 Å². The first-order valence-electron chi connectivity index (χ1n) is 8.63. The van der Waals surface area contributed by atoms with Crippen LogP contribution in [0.1, 0.15) is 57.1 Å². The highest BCUT2D eigenvalue weighted by Crippen LogP contribution is 2.35. The van der Waals surface area contributed by atoms with Gasteiger partial charge in [-0.15, -0.1) is 0 Å². The Balaban J connectivity index is 1.91. The summed E-state index contributed by atoms with van der Waals surface area (Å²) in [6, 6.07) is 9.71. The largest absolute Gasteiger partial charge is 0.313 e. The molecule has 1 aliphatic carbocycles. The first kappa shape index (κ1) is 16.9. The molecular formula is C19H31NS. The lowest BCUT2D eigenvalue weighted by molar-refractivity contribution is 0.295. The summed E-state index contributed by atoms with van der Waals surface area (Å²) in [4.78, 5) is 0. The summed E-state index contributed by atoms with van der Waals surface area (Å²) >= 11 is 2.17. The Morgan fingerprint density at radius 1 is 1.24 bits per heavy atom. The average Bonchev–Trinajstić information content (AvgIpc) is 2.51. The summed E-state index contributed by atoms with van der Waals surface area (Å²) in [5.41, 5.74) is 2.86. The summed E-state index contributed by atoms with van der Waals surface area (Å²) < 4.78 is 0. The summed E-state index contributed by atoms with van der Waals surface area (Å²) in [6.07, 6.45) is 6.77. The van der Waals surface area contributed by atoms with Crippen LogP contribution < -0.4 is 5.32 Å². The van der Waals surface area contributed by atoms with Gasteiger partial charge >= 0.3 is 0 Å². The van der Waals surface area contributed by atoms with E-state index in [2.05, 4.69) is 62.1 Å². The van der Waals surface area contributed by atoms with Crippen LogP contribution >= 0.6 is 11.8 Å². The monoisotopic (exact) mass is 305 g/mol. The molecule has 118 valence electrons. The Kier molecular flexibility index (Phi) is 7.12. The predicted molar refractivity (Wildman–Crippen MR) is 96.0 cm³/mol. The van der Waals surface area contributed by atoms with E-state index in [1.54, 1.807) is 0 Å². The van der Waals surface area contributed by atoms with E-state index in [1.807, 2.05) is 0 Å². The van der Waals surface area contributed by atoms with Crippen molar-refractivity contribution in [3.63, 3.8) is 0 Å². The fourth-order valence-corrected chi connectivity index (χ4v) is 4.79. The minimum absolute atomic E-state index is 0.725. The molecule has 2 heteroatoms. The van der Waals surface area contributed by atoms with Gasteiger partial charge in [0.2, 0.25) is 0 Å². The lowest BCUT2D eigenvalue weighted by atomic mass is 9.84. The Hall–Kier alpha value is -0.470. The molecule has 1 saturated carbocycles. The van der Waals surface area contributed by atoms with Crippen molar-refractivity contribution in [1.82, 2.24) is 5.32 Å². The van der Waals surface area contributed by atoms with Crippen LogP contribution in [-0.2, 0) is 5.75 Å². The van der Waals surface area contributed by atoms with E-state index in [0.717, 1.165) is 23.0 Å². The number of aryl methyl sites for hydroxylation is 1. The van der Waals surface area contributed by atoms with Crippen molar-refractivity contribution in [3.8, 4) is 0 Å². The molecule has 2 rings (SSSR count). The van der Waals surface area contributed by atoms with Crippen LogP contribution in [0.15, 0.2) is 24.3 Å². The molecule has 1 aromatic rings. The Bertz CT molecular complexity index is 418. The molecule has 0 bridgehead atoms. The zero-order chi connectivity index (χ0) is 15.1. The second kappa shape index (κ2) is 8.85. The minimum Gasteiger partial charge on any atom is -0.313 e. The number of nitrogens with one attached hydrogen (secondary N) is 1. The average molecular weight is 306 g/mol. The molecule has 1 nitrogen and oxygen atoms in total. The summed E-state index contributed by atoms with van der Waals surface area (Å²) in [5, 5.41) is 4.58. The molecule has 0 saturated heterocycles. The first-order valence-corrected chi connectivity index (χ1v) is 9.68. The quantitative estimate of drug-likeness (QED) is 0.745. The fraction of sp³-hybridized carbons (Fsp3) is 0.684. The summed E-state index contributed by atoms with van der Waals surface area (Å²) in [7, 11) is 0. The maximum absolute atomic E-state index is 3.79. The third-order valence-electron chi connectivity index (χ3n) is 4.68. The number of benzene rings is 1. The van der Waals surface area contributed by atoms with Crippen LogP contribution in [-0.4, -0.2) is 17.8 Å². The third kappa shape index (κ3) is 5.34. The number of thioether (sulfide) groups is 1. The molecule has 1 fully saturated rings. The van der Waals surface area contributed by atoms with Gasteiger partial charge in [0.1, 0.15) is 0 Å². The summed E-state index contributed by atoms with van der Waals surface area (Å²) in [6.45, 7) is 7.97. The SMILES string of the molecule is CCCNC1CCC(CC)CC1SCc1cccc(C)c1. The molecule has 0 heterocycles. The Morgan fingerprint density at radius 2 is 2.10 bits per heavy atom. The lowest BCUT2D eigenvalue weighted by Crippen LogP contribution is -2.43. The van der Waals surface area contributed by atoms with Crippen molar-refractivity contribution in [2.45, 2.75) is 69.9 Å². The molecule has 1 N–H and O–H groups in total. The Labute approximate surface area is 135 Å². The molecule has 3 atom stereocenters. The molecule has 21 heavy (non-hydrogen) atoms. The van der Waals surface area contributed by atoms with Gasteiger partial charge in [0.25, 0.3) is 0 Å². The van der Waals surface area contributed by atoms with Crippen LogP contribution in [0.25, 0.3) is 0 Å². The van der Waals surface area contributed by atoms with E-state index in [0.29, 0.717) is 0 Å². The molecule has 1 aromatic carbocycles. The predicted octanol–water partition coefficient (Wildman–Crippen LogP) is 5.18. The van der Waals surface area contributed by atoms with E-state index in [1.165, 1.54) is 49.8 Å². The van der Waals surface area contributed by atoms with Crippen molar-refractivity contribution >= 4 is 11.8 Å². The van der Waals surface area contributed by atoms with Crippen LogP contribution in [0, 0.1) is 12.8 Å². The maximum Gasteiger partial charge on any atom is 0.0207 e. The van der Waals surface area contributed by atoms with Crippen molar-refractivity contribution < 1.29 is 0 Å². The zero-order valence-corrected chi connectivity index (χ0v) is 14.7. The second-order valence-electron chi connectivity index (χ2n) is 6.49. The van der Waals surface area contributed by atoms with Crippen LogP contribution in [0.4, 0.5) is 0 Å². The molecular weight excluding hydrogens is 274 g/mol. The second-order valence-corrected chi connectivity index (χ2v) is 7.71. The van der Waals surface area contributed by atoms with Crippen LogP contribution in [0.3, 0.4) is 0 Å². The standard InChI is InChI=1S/C19H31NS/c1-4-11-20-18-10-9-16(5-2)13-19(18)21-14-17-8-6-7-15(3)12-17/h6-8,12,16,18-20H,4-5,9-11,13-14H2,1-3H3. The maximum atomic E-state index is 3.79. The van der Waals surface area contributed by atoms with Crippen LogP contribution in [0.2, 0.25) is 0 Å². The van der Waals surface area contributed by atoms with Crippen LogP contribution in [0.5, 0.6) is 0 Å². The van der Waals surface area contributed by atoms with E-state index in [4.69, 9.17) is 0 Å². The van der Waals surface area contributed by atoms with Gasteiger partial charge in [-0.3, -0.25) is 0 Å². The van der Waals surface area contributed by atoms with Crippen molar-refractivity contribution in [2.75, 3.05) is 6.54 Å². The van der Waals surface area contributed by atoms with Gasteiger partial charge < -0.3 is 5.32 Å². The van der Waals surface area contributed by atoms with Gasteiger partial charge in [-0.2, -0.15) is 11.8 Å². The first-order chi connectivity index (χ1) is 10.2. The molecule has 0 radical (unpaired) electrons. The highest BCUT2D eigenvalue weighted by Gasteiger charge is 2.29. The fourth-order valence-electron chi connectivity index (χ4n) is 3.34. The highest BCUT2D eigenvalue weighted by molar-refractivity contribution is 7.99. The zero-order valence-electron chi connectivity index (χ0n) is 13.9. The van der Waals surface area contributed by atoms with E-state index < -0.39 is 0 Å². The Morgan fingerprint density at radius 3 is 2.81 bits per heavy atom. The summed E-state index contributed by atoms with van der Waals surface area (Å²) in [5.74, 6) is 2.10.